The fourth-order valence-corrected chi connectivity index (χ4v) is 4.53. The van der Waals surface area contributed by atoms with Crippen molar-refractivity contribution < 1.29 is 9.53 Å². The summed E-state index contributed by atoms with van der Waals surface area (Å²) in [5.41, 5.74) is 3.57. The van der Waals surface area contributed by atoms with Gasteiger partial charge in [0, 0.05) is 29.6 Å². The monoisotopic (exact) mass is 446 g/mol. The number of methoxy groups -OCH3 is 1. The molecule has 2 aromatic heterocycles. The summed E-state index contributed by atoms with van der Waals surface area (Å²) in [6, 6.07) is 17.2. The predicted molar refractivity (Wildman–Crippen MR) is 126 cm³/mol. The van der Waals surface area contributed by atoms with Gasteiger partial charge >= 0.3 is 0 Å². The van der Waals surface area contributed by atoms with Crippen LogP contribution in [0, 0.1) is 0 Å². The Labute approximate surface area is 188 Å². The van der Waals surface area contributed by atoms with E-state index < -0.39 is 0 Å². The fraction of sp³-hybridized carbons (Fsp3) is 0.208. The van der Waals surface area contributed by atoms with Gasteiger partial charge in [0.25, 0.3) is 5.56 Å². The minimum absolute atomic E-state index is 0.0876. The van der Waals surface area contributed by atoms with Crippen LogP contribution in [0.1, 0.15) is 18.9 Å². The number of H-pyrrole nitrogens is 1. The van der Waals surface area contributed by atoms with Gasteiger partial charge in [0.1, 0.15) is 16.8 Å². The number of thioether (sulfide) groups is 1. The van der Waals surface area contributed by atoms with Crippen LogP contribution in [-0.4, -0.2) is 33.3 Å². The number of fused-ring (bicyclic) bond motifs is 1. The Morgan fingerprint density at radius 2 is 2.03 bits per heavy atom. The van der Waals surface area contributed by atoms with Gasteiger partial charge < -0.3 is 15.0 Å². The minimum Gasteiger partial charge on any atom is -0.497 e. The standard InChI is InChI=1S/C24H22N4O3S/c1-31-18-9-5-8-16(12-18)26-20(29)14-32-24-27-21-19(15-6-3-2-4-7-15)13-25-22(21)23(30)28(24)17-10-11-17/h2-9,12-13,17,25H,10-11,14H2,1H3,(H,26,29). The van der Waals surface area contributed by atoms with Crippen molar-refractivity contribution in [1.82, 2.24) is 14.5 Å². The van der Waals surface area contributed by atoms with Gasteiger partial charge in [-0.15, -0.1) is 0 Å². The highest BCUT2D eigenvalue weighted by molar-refractivity contribution is 7.99. The van der Waals surface area contributed by atoms with Crippen LogP contribution in [0.2, 0.25) is 0 Å². The number of nitrogens with zero attached hydrogens (tertiary/aromatic N) is 2. The highest BCUT2D eigenvalue weighted by atomic mass is 32.2. The van der Waals surface area contributed by atoms with E-state index in [1.807, 2.05) is 54.7 Å². The first-order valence-corrected chi connectivity index (χ1v) is 11.4. The Morgan fingerprint density at radius 1 is 1.22 bits per heavy atom. The molecule has 0 saturated heterocycles. The molecule has 2 aromatic carbocycles. The van der Waals surface area contributed by atoms with Gasteiger partial charge in [0.15, 0.2) is 5.16 Å². The lowest BCUT2D eigenvalue weighted by atomic mass is 10.1. The molecule has 0 radical (unpaired) electrons. The summed E-state index contributed by atoms with van der Waals surface area (Å²) >= 11 is 1.28. The molecule has 1 aliphatic rings. The molecule has 1 saturated carbocycles. The zero-order valence-electron chi connectivity index (χ0n) is 17.5. The molecule has 4 aromatic rings. The van der Waals surface area contributed by atoms with Crippen molar-refractivity contribution >= 4 is 34.4 Å². The largest absolute Gasteiger partial charge is 0.497 e. The maximum atomic E-state index is 13.2. The summed E-state index contributed by atoms with van der Waals surface area (Å²) in [6.45, 7) is 0. The molecule has 162 valence electrons. The molecular weight excluding hydrogens is 424 g/mol. The zero-order chi connectivity index (χ0) is 22.1. The van der Waals surface area contributed by atoms with Gasteiger partial charge in [-0.3, -0.25) is 14.2 Å². The molecule has 7 nitrogen and oxygen atoms in total. The Morgan fingerprint density at radius 3 is 2.78 bits per heavy atom. The molecule has 32 heavy (non-hydrogen) atoms. The number of ether oxygens (including phenoxy) is 1. The van der Waals surface area contributed by atoms with Crippen molar-refractivity contribution in [2.45, 2.75) is 24.0 Å². The van der Waals surface area contributed by atoms with Gasteiger partial charge in [-0.2, -0.15) is 0 Å². The molecule has 2 N–H and O–H groups in total. The first-order valence-electron chi connectivity index (χ1n) is 10.4. The van der Waals surface area contributed by atoms with E-state index in [9.17, 15) is 9.59 Å². The van der Waals surface area contributed by atoms with Crippen LogP contribution in [0.25, 0.3) is 22.2 Å². The van der Waals surface area contributed by atoms with Crippen LogP contribution < -0.4 is 15.6 Å². The SMILES string of the molecule is COc1cccc(NC(=O)CSc2nc3c(-c4ccccc4)c[nH]c3c(=O)n2C2CC2)c1. The maximum absolute atomic E-state index is 13.2. The molecule has 2 heterocycles. The van der Waals surface area contributed by atoms with Crippen molar-refractivity contribution in [3.8, 4) is 16.9 Å². The molecular formula is C24H22N4O3S. The molecule has 5 rings (SSSR count). The molecule has 8 heteroatoms. The second-order valence-electron chi connectivity index (χ2n) is 7.66. The molecule has 1 amide bonds. The highest BCUT2D eigenvalue weighted by Crippen LogP contribution is 2.37. The topological polar surface area (TPSA) is 89.0 Å². The van der Waals surface area contributed by atoms with E-state index in [-0.39, 0.29) is 23.3 Å². The van der Waals surface area contributed by atoms with Crippen molar-refractivity contribution in [3.63, 3.8) is 0 Å². The third kappa shape index (κ3) is 4.01. The average molecular weight is 447 g/mol. The van der Waals surface area contributed by atoms with E-state index in [2.05, 4.69) is 10.3 Å². The third-order valence-electron chi connectivity index (χ3n) is 5.38. The van der Waals surface area contributed by atoms with Gasteiger partial charge in [-0.05, 0) is 30.5 Å². The van der Waals surface area contributed by atoms with Crippen molar-refractivity contribution in [3.05, 3.63) is 71.1 Å². The first kappa shape index (κ1) is 20.4. The quantitative estimate of drug-likeness (QED) is 0.323. The summed E-state index contributed by atoms with van der Waals surface area (Å²) in [6.07, 6.45) is 3.72. The number of rotatable bonds is 7. The summed E-state index contributed by atoms with van der Waals surface area (Å²) in [5, 5.41) is 3.45. The number of hydrogen-bond acceptors (Lipinski definition) is 5. The number of aromatic nitrogens is 3. The molecule has 0 bridgehead atoms. The minimum atomic E-state index is -0.169. The first-order chi connectivity index (χ1) is 15.6. The lowest BCUT2D eigenvalue weighted by Gasteiger charge is -2.12. The Bertz CT molecular complexity index is 1340. The smallest absolute Gasteiger partial charge is 0.278 e. The molecule has 1 aliphatic carbocycles. The van der Waals surface area contributed by atoms with Crippen LogP contribution in [0.5, 0.6) is 5.75 Å². The number of aromatic amines is 1. The summed E-state index contributed by atoms with van der Waals surface area (Å²) < 4.78 is 6.93. The number of anilines is 1. The predicted octanol–water partition coefficient (Wildman–Crippen LogP) is 4.47. The van der Waals surface area contributed by atoms with E-state index in [0.29, 0.717) is 27.6 Å². The maximum Gasteiger partial charge on any atom is 0.278 e. The molecule has 0 atom stereocenters. The number of nitrogens with one attached hydrogen (secondary N) is 2. The van der Waals surface area contributed by atoms with Crippen LogP contribution in [0.15, 0.2) is 70.7 Å². The molecule has 0 spiro atoms. The van der Waals surface area contributed by atoms with Crippen molar-refractivity contribution in [2.24, 2.45) is 0 Å². The summed E-state index contributed by atoms with van der Waals surface area (Å²) in [4.78, 5) is 33.8. The Hall–Kier alpha value is -3.52. The van der Waals surface area contributed by atoms with E-state index in [1.165, 1.54) is 11.8 Å². The number of hydrogen-bond donors (Lipinski definition) is 2. The van der Waals surface area contributed by atoms with Gasteiger partial charge in [0.05, 0.1) is 12.9 Å². The second-order valence-corrected chi connectivity index (χ2v) is 8.60. The van der Waals surface area contributed by atoms with Crippen LogP contribution in [-0.2, 0) is 4.79 Å². The number of carbonyl (C=O) groups is 1. The normalized spacial score (nSPS) is 13.3. The Kier molecular flexibility index (Phi) is 5.45. The van der Waals surface area contributed by atoms with Gasteiger partial charge in [-0.1, -0.05) is 48.2 Å². The zero-order valence-corrected chi connectivity index (χ0v) is 18.3. The van der Waals surface area contributed by atoms with Crippen LogP contribution in [0.3, 0.4) is 0 Å². The van der Waals surface area contributed by atoms with Gasteiger partial charge in [0.2, 0.25) is 5.91 Å². The van der Waals surface area contributed by atoms with Gasteiger partial charge in [-0.25, -0.2) is 4.98 Å². The molecule has 0 unspecified atom stereocenters. The lowest BCUT2D eigenvalue weighted by molar-refractivity contribution is -0.113. The van der Waals surface area contributed by atoms with Crippen LogP contribution in [0.4, 0.5) is 5.69 Å². The van der Waals surface area contributed by atoms with E-state index in [0.717, 1.165) is 24.0 Å². The number of amides is 1. The second kappa shape index (κ2) is 8.55. The van der Waals surface area contributed by atoms with Crippen molar-refractivity contribution in [1.29, 1.82) is 0 Å². The van der Waals surface area contributed by atoms with Crippen molar-refractivity contribution in [2.75, 3.05) is 18.2 Å². The number of benzene rings is 2. The van der Waals surface area contributed by atoms with E-state index in [1.54, 1.807) is 17.7 Å². The fourth-order valence-electron chi connectivity index (χ4n) is 3.67. The van der Waals surface area contributed by atoms with E-state index >= 15 is 0 Å². The summed E-state index contributed by atoms with van der Waals surface area (Å²) in [7, 11) is 1.58. The number of carbonyl (C=O) groups excluding carboxylic acids is 1. The van der Waals surface area contributed by atoms with Crippen LogP contribution >= 0.6 is 11.8 Å². The molecule has 0 aliphatic heterocycles. The summed E-state index contributed by atoms with van der Waals surface area (Å²) in [5.74, 6) is 0.649. The van der Waals surface area contributed by atoms with E-state index in [4.69, 9.17) is 9.72 Å². The lowest BCUT2D eigenvalue weighted by Crippen LogP contribution is -2.23. The average Bonchev–Trinajstić information content (AvgIpc) is 3.56. The highest BCUT2D eigenvalue weighted by Gasteiger charge is 2.29. The third-order valence-corrected chi connectivity index (χ3v) is 6.33. The Balaban J connectivity index is 1.44. The molecule has 1 fully saturated rings.